The van der Waals surface area contributed by atoms with Crippen molar-refractivity contribution in [1.29, 1.82) is 0 Å². The molecule has 2 nitrogen and oxygen atoms in total. The van der Waals surface area contributed by atoms with E-state index in [1.165, 1.54) is 11.1 Å². The van der Waals surface area contributed by atoms with Crippen molar-refractivity contribution < 1.29 is 5.11 Å². The summed E-state index contributed by atoms with van der Waals surface area (Å²) in [5.41, 5.74) is 7.37. The van der Waals surface area contributed by atoms with Gasteiger partial charge in [0.2, 0.25) is 0 Å². The number of H-pyrrole nitrogens is 1. The van der Waals surface area contributed by atoms with E-state index in [0.29, 0.717) is 5.75 Å². The van der Waals surface area contributed by atoms with Crippen molar-refractivity contribution in [1.82, 2.24) is 4.98 Å². The fourth-order valence-electron chi connectivity index (χ4n) is 3.14. The van der Waals surface area contributed by atoms with Crippen molar-refractivity contribution >= 4 is 10.9 Å². The fourth-order valence-corrected chi connectivity index (χ4v) is 3.14. The number of aromatic nitrogens is 1. The predicted molar refractivity (Wildman–Crippen MR) is 100 cm³/mol. The third-order valence-corrected chi connectivity index (χ3v) is 4.72. The lowest BCUT2D eigenvalue weighted by Gasteiger charge is -2.12. The molecule has 2 N–H and O–H groups in total. The van der Waals surface area contributed by atoms with Gasteiger partial charge in [0.25, 0.3) is 0 Å². The summed E-state index contributed by atoms with van der Waals surface area (Å²) < 4.78 is 0. The van der Waals surface area contributed by atoms with Gasteiger partial charge in [-0.3, -0.25) is 0 Å². The van der Waals surface area contributed by atoms with Crippen LogP contribution in [0.2, 0.25) is 0 Å². The van der Waals surface area contributed by atoms with E-state index in [1.54, 1.807) is 0 Å². The minimum absolute atomic E-state index is 0.329. The van der Waals surface area contributed by atoms with E-state index in [2.05, 4.69) is 43.1 Å². The van der Waals surface area contributed by atoms with Crippen LogP contribution in [-0.2, 0) is 0 Å². The third-order valence-electron chi connectivity index (χ3n) is 4.72. The van der Waals surface area contributed by atoms with E-state index in [9.17, 15) is 5.11 Å². The van der Waals surface area contributed by atoms with Gasteiger partial charge in [-0.1, -0.05) is 42.5 Å². The van der Waals surface area contributed by atoms with E-state index in [0.717, 1.165) is 33.2 Å². The first-order valence-corrected chi connectivity index (χ1v) is 8.10. The van der Waals surface area contributed by atoms with Crippen LogP contribution in [0.3, 0.4) is 0 Å². The summed E-state index contributed by atoms with van der Waals surface area (Å²) >= 11 is 0. The number of rotatable bonds is 2. The molecular formula is C22H19NO. The summed E-state index contributed by atoms with van der Waals surface area (Å²) in [4.78, 5) is 3.20. The molecule has 3 aromatic carbocycles. The molecule has 0 bridgehead atoms. The molecule has 0 radical (unpaired) electrons. The first kappa shape index (κ1) is 14.6. The molecule has 0 aliphatic carbocycles. The number of hydrogen-bond acceptors (Lipinski definition) is 1. The quantitative estimate of drug-likeness (QED) is 0.480. The summed E-state index contributed by atoms with van der Waals surface area (Å²) in [6, 6.07) is 20.5. The second-order valence-corrected chi connectivity index (χ2v) is 6.28. The first-order valence-electron chi connectivity index (χ1n) is 8.10. The highest BCUT2D eigenvalue weighted by Gasteiger charge is 2.12. The van der Waals surface area contributed by atoms with Crippen molar-refractivity contribution in [2.45, 2.75) is 13.8 Å². The Hall–Kier alpha value is -3.00. The van der Waals surface area contributed by atoms with Gasteiger partial charge in [-0.2, -0.15) is 0 Å². The average molecular weight is 313 g/mol. The number of phenols is 1. The topological polar surface area (TPSA) is 36.0 Å². The fraction of sp³-hybridized carbons (Fsp3) is 0.0909. The molecule has 0 saturated carbocycles. The highest BCUT2D eigenvalue weighted by Crippen LogP contribution is 2.39. The minimum Gasteiger partial charge on any atom is -0.507 e. The van der Waals surface area contributed by atoms with Crippen LogP contribution in [0, 0.1) is 13.8 Å². The number of aryl methyl sites for hydroxylation is 2. The van der Waals surface area contributed by atoms with E-state index >= 15 is 0 Å². The molecule has 0 aliphatic heterocycles. The van der Waals surface area contributed by atoms with Gasteiger partial charge in [0.15, 0.2) is 0 Å². The van der Waals surface area contributed by atoms with Crippen LogP contribution in [-0.4, -0.2) is 10.1 Å². The van der Waals surface area contributed by atoms with Crippen LogP contribution in [0.4, 0.5) is 0 Å². The number of benzene rings is 3. The molecule has 0 fully saturated rings. The zero-order valence-electron chi connectivity index (χ0n) is 13.8. The van der Waals surface area contributed by atoms with Gasteiger partial charge in [0.05, 0.1) is 0 Å². The van der Waals surface area contributed by atoms with E-state index in [1.807, 2.05) is 42.6 Å². The molecule has 0 aliphatic rings. The number of aromatic amines is 1. The molecule has 0 unspecified atom stereocenters. The Morgan fingerprint density at radius 2 is 1.46 bits per heavy atom. The molecular weight excluding hydrogens is 294 g/mol. The Balaban J connectivity index is 1.87. The summed E-state index contributed by atoms with van der Waals surface area (Å²) in [5.74, 6) is 0.329. The first-order chi connectivity index (χ1) is 11.6. The normalized spacial score (nSPS) is 11.1. The number of phenolic OH excluding ortho intramolecular Hbond substituents is 1. The van der Waals surface area contributed by atoms with Gasteiger partial charge in [0.1, 0.15) is 5.75 Å². The number of nitrogens with one attached hydrogen (secondary N) is 1. The van der Waals surface area contributed by atoms with E-state index in [-0.39, 0.29) is 0 Å². The zero-order chi connectivity index (χ0) is 16.7. The molecule has 4 rings (SSSR count). The van der Waals surface area contributed by atoms with Crippen molar-refractivity contribution in [3.63, 3.8) is 0 Å². The largest absolute Gasteiger partial charge is 0.507 e. The van der Waals surface area contributed by atoms with Gasteiger partial charge in [-0.05, 0) is 59.7 Å². The number of hydrogen-bond donors (Lipinski definition) is 2. The lowest BCUT2D eigenvalue weighted by Crippen LogP contribution is -1.87. The smallest absolute Gasteiger partial charge is 0.131 e. The molecule has 0 spiro atoms. The Kier molecular flexibility index (Phi) is 3.39. The molecule has 1 heterocycles. The maximum Gasteiger partial charge on any atom is 0.131 e. The third kappa shape index (κ3) is 2.37. The Labute approximate surface area is 141 Å². The molecule has 24 heavy (non-hydrogen) atoms. The van der Waals surface area contributed by atoms with Crippen LogP contribution in [0.15, 0.2) is 66.9 Å². The van der Waals surface area contributed by atoms with Crippen molar-refractivity contribution in [3.05, 3.63) is 78.0 Å². The molecule has 0 atom stereocenters. The Morgan fingerprint density at radius 1 is 0.750 bits per heavy atom. The minimum atomic E-state index is 0.329. The number of para-hydroxylation sites is 1. The lowest BCUT2D eigenvalue weighted by atomic mass is 9.95. The van der Waals surface area contributed by atoms with Crippen molar-refractivity contribution in [3.8, 4) is 28.0 Å². The highest BCUT2D eigenvalue weighted by molar-refractivity contribution is 5.88. The molecule has 0 saturated heterocycles. The molecule has 0 amide bonds. The van der Waals surface area contributed by atoms with Crippen LogP contribution in [0.25, 0.3) is 33.2 Å². The SMILES string of the molecule is Cc1ccc(-c2cccc(-c3ccc4[nH]ccc4c3)c2O)cc1C. The van der Waals surface area contributed by atoms with Crippen LogP contribution in [0.1, 0.15) is 11.1 Å². The van der Waals surface area contributed by atoms with E-state index in [4.69, 9.17) is 0 Å². The predicted octanol–water partition coefficient (Wildman–Crippen LogP) is 5.82. The standard InChI is InChI=1S/C22H19NO/c1-14-6-7-16(12-15(14)2)19-4-3-5-20(22(19)24)17-8-9-21-18(13-17)10-11-23-21/h3-13,23-24H,1-2H3. The Bertz CT molecular complexity index is 1040. The lowest BCUT2D eigenvalue weighted by molar-refractivity contribution is 0.479. The maximum atomic E-state index is 10.9. The van der Waals surface area contributed by atoms with Gasteiger partial charge in [-0.15, -0.1) is 0 Å². The van der Waals surface area contributed by atoms with Crippen LogP contribution < -0.4 is 0 Å². The number of fused-ring (bicyclic) bond motifs is 1. The van der Waals surface area contributed by atoms with Crippen LogP contribution in [0.5, 0.6) is 5.75 Å². The Morgan fingerprint density at radius 3 is 2.21 bits per heavy atom. The average Bonchev–Trinajstić information content (AvgIpc) is 3.05. The highest BCUT2D eigenvalue weighted by atomic mass is 16.3. The molecule has 1 aromatic heterocycles. The second kappa shape index (κ2) is 5.57. The summed E-state index contributed by atoms with van der Waals surface area (Å²) in [6.45, 7) is 4.20. The second-order valence-electron chi connectivity index (χ2n) is 6.28. The van der Waals surface area contributed by atoms with E-state index < -0.39 is 0 Å². The summed E-state index contributed by atoms with van der Waals surface area (Å²) in [6.07, 6.45) is 1.93. The molecule has 2 heteroatoms. The maximum absolute atomic E-state index is 10.9. The summed E-state index contributed by atoms with van der Waals surface area (Å²) in [5, 5.41) is 12.0. The van der Waals surface area contributed by atoms with Gasteiger partial charge in [-0.25, -0.2) is 0 Å². The van der Waals surface area contributed by atoms with Gasteiger partial charge < -0.3 is 10.1 Å². The van der Waals surface area contributed by atoms with Crippen LogP contribution >= 0.6 is 0 Å². The molecule has 118 valence electrons. The number of aromatic hydroxyl groups is 1. The van der Waals surface area contributed by atoms with Crippen molar-refractivity contribution in [2.24, 2.45) is 0 Å². The van der Waals surface area contributed by atoms with Gasteiger partial charge >= 0.3 is 0 Å². The monoisotopic (exact) mass is 313 g/mol. The summed E-state index contributed by atoms with van der Waals surface area (Å²) in [7, 11) is 0. The molecule has 4 aromatic rings. The van der Waals surface area contributed by atoms with Gasteiger partial charge in [0, 0.05) is 22.8 Å². The van der Waals surface area contributed by atoms with Crippen molar-refractivity contribution in [2.75, 3.05) is 0 Å². The zero-order valence-corrected chi connectivity index (χ0v) is 13.8.